The van der Waals surface area contributed by atoms with Gasteiger partial charge in [-0.3, -0.25) is 0 Å². The van der Waals surface area contributed by atoms with Crippen LogP contribution in [-0.4, -0.2) is 11.9 Å². The predicted molar refractivity (Wildman–Crippen MR) is 63.6 cm³/mol. The fourth-order valence-electron chi connectivity index (χ4n) is 1.08. The quantitative estimate of drug-likeness (QED) is 0.825. The van der Waals surface area contributed by atoms with Crippen molar-refractivity contribution in [1.29, 1.82) is 0 Å². The van der Waals surface area contributed by atoms with E-state index >= 15 is 0 Å². The fraction of sp³-hybridized carbons (Fsp3) is 0. The molecule has 2 rings (SSSR count). The third-order valence-electron chi connectivity index (χ3n) is 1.71. The van der Waals surface area contributed by atoms with Crippen molar-refractivity contribution < 1.29 is 5.02 Å². The van der Waals surface area contributed by atoms with Gasteiger partial charge in [-0.2, -0.15) is 22.7 Å². The van der Waals surface area contributed by atoms with E-state index in [1.54, 1.807) is 22.7 Å². The molecule has 0 amide bonds. The maximum Gasteiger partial charge on any atom is 0.381 e. The van der Waals surface area contributed by atoms with Gasteiger partial charge in [-0.05, 0) is 16.8 Å². The Kier molecular flexibility index (Phi) is 2.88. The number of rotatable bonds is 2. The Bertz CT molecular complexity index is 385. The lowest BCUT2D eigenvalue weighted by Gasteiger charge is -2.00. The number of thiophene rings is 2. The van der Waals surface area contributed by atoms with Crippen LogP contribution >= 0.6 is 38.6 Å². The van der Waals surface area contributed by atoms with E-state index < -0.39 is 6.92 Å². The van der Waals surface area contributed by atoms with Gasteiger partial charge in [0.1, 0.15) is 0 Å². The molecule has 2 heterocycles. The van der Waals surface area contributed by atoms with Gasteiger partial charge in [-0.15, -0.1) is 0 Å². The van der Waals surface area contributed by atoms with Crippen molar-refractivity contribution in [2.75, 3.05) is 0 Å². The molecule has 0 radical (unpaired) electrons. The molecule has 5 heteroatoms. The zero-order valence-electron chi connectivity index (χ0n) is 6.61. The van der Waals surface area contributed by atoms with Crippen molar-refractivity contribution in [1.82, 2.24) is 0 Å². The molecule has 0 aromatic carbocycles. The maximum atomic E-state index is 9.94. The highest BCUT2D eigenvalue weighted by Crippen LogP contribution is 2.12. The molecular weight excluding hydrogens is 267 g/mol. The summed E-state index contributed by atoms with van der Waals surface area (Å²) in [5, 5.41) is 13.9. The normalized spacial score (nSPS) is 10.3. The van der Waals surface area contributed by atoms with E-state index in [4.69, 9.17) is 0 Å². The van der Waals surface area contributed by atoms with Crippen LogP contribution < -0.4 is 9.55 Å². The van der Waals surface area contributed by atoms with Gasteiger partial charge in [-0.25, -0.2) is 0 Å². The van der Waals surface area contributed by atoms with Gasteiger partial charge >= 0.3 is 6.92 Å². The summed E-state index contributed by atoms with van der Waals surface area (Å²) in [6.07, 6.45) is 0. The van der Waals surface area contributed by atoms with Crippen molar-refractivity contribution in [3.05, 3.63) is 33.4 Å². The molecule has 0 unspecified atom stereocenters. The second kappa shape index (κ2) is 3.96. The smallest absolute Gasteiger partial charge is 0.381 e. The lowest BCUT2D eigenvalue weighted by molar-refractivity contribution is 0.602. The zero-order chi connectivity index (χ0) is 9.26. The summed E-state index contributed by atoms with van der Waals surface area (Å²) in [4.78, 5) is 0. The minimum Gasteiger partial charge on any atom is -0.442 e. The van der Waals surface area contributed by atoms with E-state index in [-0.39, 0.29) is 0 Å². The van der Waals surface area contributed by atoms with Crippen molar-refractivity contribution in [2.45, 2.75) is 0 Å². The Labute approximate surface area is 93.3 Å². The van der Waals surface area contributed by atoms with Gasteiger partial charge in [-0.1, -0.05) is 28.1 Å². The Morgan fingerprint density at radius 1 is 1.23 bits per heavy atom. The summed E-state index contributed by atoms with van der Waals surface area (Å²) in [5.41, 5.74) is 0. The average molecular weight is 273 g/mol. The second-order valence-electron chi connectivity index (χ2n) is 2.55. The number of hydrogen-bond acceptors (Lipinski definition) is 3. The summed E-state index contributed by atoms with van der Waals surface area (Å²) in [6, 6.07) is 5.85. The first-order valence-electron chi connectivity index (χ1n) is 3.73. The third kappa shape index (κ3) is 1.88. The summed E-state index contributed by atoms with van der Waals surface area (Å²) < 4.78 is 2.95. The lowest BCUT2D eigenvalue weighted by atomic mass is 9.66. The van der Waals surface area contributed by atoms with E-state index in [2.05, 4.69) is 15.9 Å². The predicted octanol–water partition coefficient (Wildman–Crippen LogP) is 1.67. The molecule has 0 saturated heterocycles. The largest absolute Gasteiger partial charge is 0.442 e. The van der Waals surface area contributed by atoms with Crippen LogP contribution in [0, 0.1) is 0 Å². The molecule has 0 bridgehead atoms. The summed E-state index contributed by atoms with van der Waals surface area (Å²) in [7, 11) is 0. The van der Waals surface area contributed by atoms with Gasteiger partial charge < -0.3 is 5.02 Å². The first-order chi connectivity index (χ1) is 6.29. The van der Waals surface area contributed by atoms with Crippen molar-refractivity contribution in [3.8, 4) is 0 Å². The fourth-order valence-corrected chi connectivity index (χ4v) is 3.46. The van der Waals surface area contributed by atoms with Gasteiger partial charge in [0.15, 0.2) is 0 Å². The summed E-state index contributed by atoms with van der Waals surface area (Å²) in [6.45, 7) is -0.477. The second-order valence-corrected chi connectivity index (χ2v) is 5.33. The summed E-state index contributed by atoms with van der Waals surface area (Å²) >= 11 is 6.55. The minimum atomic E-state index is -0.477. The first-order valence-corrected chi connectivity index (χ1v) is 6.28. The molecule has 2 aromatic rings. The number of hydrogen-bond donors (Lipinski definition) is 1. The monoisotopic (exact) mass is 272 g/mol. The SMILES string of the molecule is OB(c1cccs1)c1sccc1Br. The van der Waals surface area contributed by atoms with Gasteiger partial charge in [0.2, 0.25) is 0 Å². The maximum absolute atomic E-state index is 9.94. The Hall–Kier alpha value is -0.0951. The topological polar surface area (TPSA) is 20.2 Å². The highest BCUT2D eigenvalue weighted by atomic mass is 79.9. The van der Waals surface area contributed by atoms with Gasteiger partial charge in [0.25, 0.3) is 0 Å². The van der Waals surface area contributed by atoms with Gasteiger partial charge in [0, 0.05) is 14.0 Å². The van der Waals surface area contributed by atoms with Crippen molar-refractivity contribution in [3.63, 3.8) is 0 Å². The molecule has 0 aliphatic rings. The lowest BCUT2D eigenvalue weighted by Crippen LogP contribution is -2.39. The molecule has 1 N–H and O–H groups in total. The van der Waals surface area contributed by atoms with E-state index in [1.165, 1.54) is 0 Å². The molecule has 0 atom stereocenters. The highest BCUT2D eigenvalue weighted by Gasteiger charge is 2.21. The average Bonchev–Trinajstić information content (AvgIpc) is 2.72. The van der Waals surface area contributed by atoms with Crippen molar-refractivity contribution in [2.24, 2.45) is 0 Å². The van der Waals surface area contributed by atoms with E-state index in [1.807, 2.05) is 29.0 Å². The zero-order valence-corrected chi connectivity index (χ0v) is 9.82. The van der Waals surface area contributed by atoms with Crippen LogP contribution in [0.25, 0.3) is 0 Å². The Morgan fingerprint density at radius 2 is 2.08 bits per heavy atom. The van der Waals surface area contributed by atoms with Crippen LogP contribution in [0.15, 0.2) is 33.4 Å². The molecule has 1 nitrogen and oxygen atoms in total. The Balaban J connectivity index is 2.33. The molecule has 13 heavy (non-hydrogen) atoms. The molecule has 0 fully saturated rings. The molecule has 2 aromatic heterocycles. The number of halogens is 1. The van der Waals surface area contributed by atoms with Gasteiger partial charge in [0.05, 0.1) is 0 Å². The van der Waals surface area contributed by atoms with E-state index in [0.717, 1.165) is 14.0 Å². The minimum absolute atomic E-state index is 0.477. The third-order valence-corrected chi connectivity index (χ3v) is 4.55. The molecule has 0 aliphatic heterocycles. The van der Waals surface area contributed by atoms with Crippen molar-refractivity contribution >= 4 is 55.1 Å². The van der Waals surface area contributed by atoms with Crippen LogP contribution in [0.1, 0.15) is 0 Å². The molecule has 0 spiro atoms. The first kappa shape index (κ1) is 9.46. The standard InChI is InChI=1S/C8H6BBrOS2/c10-6-3-5-13-8(6)9(11)7-2-1-4-12-7/h1-5,11H. The summed E-state index contributed by atoms with van der Waals surface area (Å²) in [5.74, 6) is 0. The van der Waals surface area contributed by atoms with E-state index in [0.29, 0.717) is 0 Å². The Morgan fingerprint density at radius 3 is 2.62 bits per heavy atom. The van der Waals surface area contributed by atoms with Crippen LogP contribution in [0.2, 0.25) is 0 Å². The van der Waals surface area contributed by atoms with Crippen LogP contribution in [-0.2, 0) is 0 Å². The van der Waals surface area contributed by atoms with E-state index in [9.17, 15) is 5.02 Å². The molecular formula is C8H6BBrOS2. The molecule has 66 valence electrons. The molecule has 0 saturated carbocycles. The molecule has 0 aliphatic carbocycles. The van der Waals surface area contributed by atoms with Crippen LogP contribution in [0.3, 0.4) is 0 Å². The highest BCUT2D eigenvalue weighted by molar-refractivity contribution is 9.10. The van der Waals surface area contributed by atoms with Crippen LogP contribution in [0.4, 0.5) is 0 Å². The van der Waals surface area contributed by atoms with Crippen LogP contribution in [0.5, 0.6) is 0 Å².